The molecule has 3 aromatic rings. The van der Waals surface area contributed by atoms with E-state index in [9.17, 15) is 20.2 Å². The van der Waals surface area contributed by atoms with Crippen LogP contribution in [0.2, 0.25) is 0 Å². The Bertz CT molecular complexity index is 1200. The molecule has 1 atom stereocenters. The Hall–Kier alpha value is -4.51. The highest BCUT2D eigenvalue weighted by molar-refractivity contribution is 5.77. The number of carbonyl (C=O) groups is 1. The average molecular weight is 443 g/mol. The first kappa shape index (κ1) is 23.2. The summed E-state index contributed by atoms with van der Waals surface area (Å²) in [5.74, 6) is -0.666. The molecule has 1 heterocycles. The van der Waals surface area contributed by atoms with Crippen molar-refractivity contribution in [3.63, 3.8) is 0 Å². The van der Waals surface area contributed by atoms with Gasteiger partial charge in [0.25, 0.3) is 5.69 Å². The van der Waals surface area contributed by atoms with Gasteiger partial charge in [-0.15, -0.1) is 0 Å². The number of nitro groups is 1. The molecular formula is C25H21N3O5. The van der Waals surface area contributed by atoms with E-state index in [2.05, 4.69) is 17.6 Å². The molecular weight excluding hydrogens is 422 g/mol. The van der Waals surface area contributed by atoms with E-state index in [-0.39, 0.29) is 23.7 Å². The maximum absolute atomic E-state index is 12.7. The zero-order valence-corrected chi connectivity index (χ0v) is 17.9. The van der Waals surface area contributed by atoms with E-state index < -0.39 is 17.0 Å². The number of esters is 1. The van der Waals surface area contributed by atoms with Crippen LogP contribution in [0.1, 0.15) is 29.7 Å². The van der Waals surface area contributed by atoms with Gasteiger partial charge in [0.1, 0.15) is 18.2 Å². The maximum atomic E-state index is 12.7. The Labute approximate surface area is 190 Å². The minimum Gasteiger partial charge on any atom is -0.458 e. The van der Waals surface area contributed by atoms with Crippen molar-refractivity contribution in [2.75, 3.05) is 6.61 Å². The fourth-order valence-corrected chi connectivity index (χ4v) is 3.17. The first-order valence-corrected chi connectivity index (χ1v) is 10.2. The van der Waals surface area contributed by atoms with E-state index in [1.807, 2.05) is 6.92 Å². The largest absolute Gasteiger partial charge is 0.458 e. The van der Waals surface area contributed by atoms with Crippen molar-refractivity contribution in [2.24, 2.45) is 0 Å². The second kappa shape index (κ2) is 10.7. The molecule has 0 bridgehead atoms. The van der Waals surface area contributed by atoms with E-state index in [1.165, 1.54) is 18.2 Å². The summed E-state index contributed by atoms with van der Waals surface area (Å²) < 4.78 is 11.2. The van der Waals surface area contributed by atoms with Crippen molar-refractivity contribution >= 4 is 11.7 Å². The highest BCUT2D eigenvalue weighted by Gasteiger charge is 2.27. The van der Waals surface area contributed by atoms with Crippen LogP contribution in [0, 0.1) is 21.4 Å². The molecule has 0 saturated heterocycles. The van der Waals surface area contributed by atoms with E-state index >= 15 is 0 Å². The number of non-ortho nitro benzene ring substituents is 1. The smallest absolute Gasteiger partial charge is 0.352 e. The van der Waals surface area contributed by atoms with Crippen molar-refractivity contribution in [2.45, 2.75) is 19.4 Å². The fraction of sp³-hybridized carbons (Fsp3) is 0.160. The van der Waals surface area contributed by atoms with Gasteiger partial charge in [0.2, 0.25) is 12.0 Å². The number of ether oxygens (including phenoxy) is 2. The molecule has 0 spiro atoms. The van der Waals surface area contributed by atoms with Crippen molar-refractivity contribution in [3.8, 4) is 23.2 Å². The summed E-state index contributed by atoms with van der Waals surface area (Å²) >= 11 is 0. The zero-order chi connectivity index (χ0) is 23.8. The molecule has 0 saturated carbocycles. The molecule has 0 radical (unpaired) electrons. The van der Waals surface area contributed by atoms with Gasteiger partial charge in [0.05, 0.1) is 10.6 Å². The summed E-state index contributed by atoms with van der Waals surface area (Å²) in [6.45, 7) is 5.43. The van der Waals surface area contributed by atoms with Crippen molar-refractivity contribution in [1.29, 1.82) is 5.26 Å². The minimum absolute atomic E-state index is 0.00705. The van der Waals surface area contributed by atoms with Crippen LogP contribution in [0.5, 0.6) is 5.88 Å². The van der Waals surface area contributed by atoms with Crippen LogP contribution < -0.4 is 4.74 Å². The molecule has 0 aliphatic rings. The Morgan fingerprint density at radius 1 is 1.24 bits per heavy atom. The number of nitro benzene ring substituents is 1. The predicted octanol–water partition coefficient (Wildman–Crippen LogP) is 4.94. The number of carbonyl (C=O) groups excluding carboxylic acids is 1. The van der Waals surface area contributed by atoms with E-state index in [0.29, 0.717) is 28.8 Å². The summed E-state index contributed by atoms with van der Waals surface area (Å²) in [6, 6.07) is 18.5. The van der Waals surface area contributed by atoms with E-state index in [0.717, 1.165) is 0 Å². The molecule has 8 heteroatoms. The average Bonchev–Trinajstić information content (AvgIpc) is 2.85. The van der Waals surface area contributed by atoms with Gasteiger partial charge >= 0.3 is 5.97 Å². The Morgan fingerprint density at radius 3 is 2.52 bits per heavy atom. The van der Waals surface area contributed by atoms with Crippen LogP contribution in [0.4, 0.5) is 5.69 Å². The van der Waals surface area contributed by atoms with Crippen molar-refractivity contribution in [3.05, 3.63) is 100 Å². The lowest BCUT2D eigenvalue weighted by molar-refractivity contribution is -0.384. The van der Waals surface area contributed by atoms with Gasteiger partial charge < -0.3 is 9.47 Å². The number of hydrogen-bond acceptors (Lipinski definition) is 7. The van der Waals surface area contributed by atoms with E-state index in [1.54, 1.807) is 48.5 Å². The number of hydrogen-bond donors (Lipinski definition) is 0. The molecule has 3 rings (SSSR count). The Balaban J connectivity index is 2.08. The van der Waals surface area contributed by atoms with Crippen LogP contribution in [0.15, 0.2) is 73.3 Å². The SMILES string of the molecule is C=CCOC(=O)C(Oc1nc(-c2ccc([N+](=O)[O-])cc2)cc(CC)c1C#N)c1ccccc1. The van der Waals surface area contributed by atoms with Gasteiger partial charge in [-0.2, -0.15) is 5.26 Å². The summed E-state index contributed by atoms with van der Waals surface area (Å²) in [5, 5.41) is 20.7. The molecule has 1 unspecified atom stereocenters. The lowest BCUT2D eigenvalue weighted by Gasteiger charge is -2.19. The van der Waals surface area contributed by atoms with E-state index in [4.69, 9.17) is 9.47 Å². The Kier molecular flexibility index (Phi) is 7.50. The summed E-state index contributed by atoms with van der Waals surface area (Å²) in [7, 11) is 0. The van der Waals surface area contributed by atoms with Gasteiger partial charge in [-0.3, -0.25) is 10.1 Å². The predicted molar refractivity (Wildman–Crippen MR) is 121 cm³/mol. The lowest BCUT2D eigenvalue weighted by atomic mass is 10.0. The molecule has 33 heavy (non-hydrogen) atoms. The standard InChI is InChI=1S/C25H21N3O5/c1-3-14-32-25(29)23(19-8-6-5-7-9-19)33-24-21(16-26)17(4-2)15-22(27-24)18-10-12-20(13-11-18)28(30)31/h3,5-13,15,23H,1,4,14H2,2H3. The third-order valence-corrected chi connectivity index (χ3v) is 4.82. The van der Waals surface area contributed by atoms with Crippen LogP contribution in [0.25, 0.3) is 11.3 Å². The number of nitriles is 1. The number of pyridine rings is 1. The molecule has 0 aliphatic carbocycles. The maximum Gasteiger partial charge on any atom is 0.352 e. The van der Waals surface area contributed by atoms with Gasteiger partial charge in [-0.1, -0.05) is 49.9 Å². The molecule has 8 nitrogen and oxygen atoms in total. The first-order valence-electron chi connectivity index (χ1n) is 10.2. The number of nitrogens with zero attached hydrogens (tertiary/aromatic N) is 3. The zero-order valence-electron chi connectivity index (χ0n) is 17.9. The highest BCUT2D eigenvalue weighted by Crippen LogP contribution is 2.31. The normalized spacial score (nSPS) is 11.2. The number of aromatic nitrogens is 1. The molecule has 0 amide bonds. The van der Waals surface area contributed by atoms with Gasteiger partial charge in [-0.05, 0) is 30.2 Å². The fourth-order valence-electron chi connectivity index (χ4n) is 3.17. The second-order valence-electron chi connectivity index (χ2n) is 6.94. The third-order valence-electron chi connectivity index (χ3n) is 4.82. The van der Waals surface area contributed by atoms with Gasteiger partial charge in [0, 0.05) is 23.3 Å². The molecule has 166 valence electrons. The third kappa shape index (κ3) is 5.40. The van der Waals surface area contributed by atoms with Crippen molar-refractivity contribution < 1.29 is 19.2 Å². The first-order chi connectivity index (χ1) is 16.0. The van der Waals surface area contributed by atoms with Gasteiger partial charge in [0.15, 0.2) is 0 Å². The van der Waals surface area contributed by atoms with Gasteiger partial charge in [-0.25, -0.2) is 9.78 Å². The van der Waals surface area contributed by atoms with Crippen LogP contribution in [0.3, 0.4) is 0 Å². The molecule has 0 aliphatic heterocycles. The summed E-state index contributed by atoms with van der Waals surface area (Å²) in [6.07, 6.45) is 0.810. The topological polar surface area (TPSA) is 115 Å². The van der Waals surface area contributed by atoms with Crippen molar-refractivity contribution in [1.82, 2.24) is 4.98 Å². The molecule has 1 aromatic heterocycles. The Morgan fingerprint density at radius 2 is 1.94 bits per heavy atom. The molecule has 2 aromatic carbocycles. The summed E-state index contributed by atoms with van der Waals surface area (Å²) in [5.41, 5.74) is 2.43. The minimum atomic E-state index is -1.15. The number of benzene rings is 2. The highest BCUT2D eigenvalue weighted by atomic mass is 16.6. The number of rotatable bonds is 9. The quantitative estimate of drug-likeness (QED) is 0.199. The van der Waals surface area contributed by atoms with Crippen LogP contribution in [-0.2, 0) is 16.0 Å². The van der Waals surface area contributed by atoms with Crippen LogP contribution >= 0.6 is 0 Å². The lowest BCUT2D eigenvalue weighted by Crippen LogP contribution is -2.22. The second-order valence-corrected chi connectivity index (χ2v) is 6.94. The molecule has 0 N–H and O–H groups in total. The summed E-state index contributed by atoms with van der Waals surface area (Å²) in [4.78, 5) is 27.7. The van der Waals surface area contributed by atoms with Crippen LogP contribution in [-0.4, -0.2) is 22.5 Å². The number of aryl methyl sites for hydroxylation is 1. The monoisotopic (exact) mass is 443 g/mol. The molecule has 0 fully saturated rings.